The van der Waals surface area contributed by atoms with Crippen LogP contribution in [0.1, 0.15) is 11.1 Å². The molecule has 4 rings (SSSR count). The summed E-state index contributed by atoms with van der Waals surface area (Å²) in [6.07, 6.45) is 0. The fourth-order valence-electron chi connectivity index (χ4n) is 3.34. The zero-order chi connectivity index (χ0) is 17.4. The second kappa shape index (κ2) is 5.78. The molecule has 5 heteroatoms. The highest BCUT2D eigenvalue weighted by molar-refractivity contribution is 6.58. The van der Waals surface area contributed by atoms with E-state index in [1.54, 1.807) is 30.3 Å². The quantitative estimate of drug-likeness (QED) is 0.723. The van der Waals surface area contributed by atoms with E-state index in [0.717, 1.165) is 16.7 Å². The average Bonchev–Trinajstić information content (AvgIpc) is 2.93. The van der Waals surface area contributed by atoms with Crippen molar-refractivity contribution in [2.24, 2.45) is 0 Å². The van der Waals surface area contributed by atoms with E-state index in [4.69, 9.17) is 4.74 Å². The Kier molecular flexibility index (Phi) is 3.58. The molecule has 1 atom stereocenters. The summed E-state index contributed by atoms with van der Waals surface area (Å²) in [6.45, 7) is 0. The SMILES string of the molecule is N#CC1(Oc2ccccc2)c2ccccc2-c2ccc(B(O)O)cc21. The molecule has 4 nitrogen and oxygen atoms in total. The molecule has 0 bridgehead atoms. The third-order valence-electron chi connectivity index (χ3n) is 4.49. The first-order valence-electron chi connectivity index (χ1n) is 7.91. The van der Waals surface area contributed by atoms with Gasteiger partial charge < -0.3 is 14.8 Å². The number of benzene rings is 3. The van der Waals surface area contributed by atoms with Crippen LogP contribution in [0.3, 0.4) is 0 Å². The van der Waals surface area contributed by atoms with Gasteiger partial charge in [-0.2, -0.15) is 5.26 Å². The highest BCUT2D eigenvalue weighted by atomic mass is 16.5. The zero-order valence-electron chi connectivity index (χ0n) is 13.3. The van der Waals surface area contributed by atoms with Crippen molar-refractivity contribution in [1.29, 1.82) is 5.26 Å². The Morgan fingerprint density at radius 2 is 1.52 bits per heavy atom. The summed E-state index contributed by atoms with van der Waals surface area (Å²) in [5.74, 6) is 0.571. The lowest BCUT2D eigenvalue weighted by Crippen LogP contribution is -2.34. The lowest BCUT2D eigenvalue weighted by Gasteiger charge is -2.26. The van der Waals surface area contributed by atoms with Crippen molar-refractivity contribution in [3.05, 3.63) is 83.9 Å². The standard InChI is InChI=1S/C20H14BNO3/c22-13-20(25-15-6-2-1-3-7-15)18-9-5-4-8-16(18)17-11-10-14(21(23)24)12-19(17)20/h1-12,23-24H. The van der Waals surface area contributed by atoms with E-state index in [1.165, 1.54) is 0 Å². The fourth-order valence-corrected chi connectivity index (χ4v) is 3.34. The Hall–Kier alpha value is -3.07. The second-order valence-electron chi connectivity index (χ2n) is 5.93. The van der Waals surface area contributed by atoms with Gasteiger partial charge in [-0.1, -0.05) is 60.7 Å². The first-order chi connectivity index (χ1) is 12.2. The molecule has 1 aliphatic rings. The Balaban J connectivity index is 1.97. The highest BCUT2D eigenvalue weighted by Crippen LogP contribution is 2.49. The maximum absolute atomic E-state index is 10.1. The molecule has 0 fully saturated rings. The Bertz CT molecular complexity index is 982. The molecule has 0 radical (unpaired) electrons. The van der Waals surface area contributed by atoms with Gasteiger partial charge in [0.25, 0.3) is 0 Å². The normalized spacial score (nSPS) is 17.3. The van der Waals surface area contributed by atoms with Crippen LogP contribution in [0, 0.1) is 11.3 Å². The third kappa shape index (κ3) is 2.32. The van der Waals surface area contributed by atoms with Gasteiger partial charge in [0.05, 0.1) is 0 Å². The summed E-state index contributed by atoms with van der Waals surface area (Å²) in [5.41, 5.74) is 2.12. The molecule has 0 aliphatic heterocycles. The molecule has 1 aliphatic carbocycles. The molecule has 3 aromatic rings. The van der Waals surface area contributed by atoms with Gasteiger partial charge in [0.1, 0.15) is 11.8 Å². The molecule has 3 aromatic carbocycles. The summed E-state index contributed by atoms with van der Waals surface area (Å²) in [7, 11) is -1.61. The minimum absolute atomic E-state index is 0.322. The van der Waals surface area contributed by atoms with E-state index >= 15 is 0 Å². The number of rotatable bonds is 3. The van der Waals surface area contributed by atoms with Crippen LogP contribution in [-0.4, -0.2) is 17.2 Å². The number of nitriles is 1. The van der Waals surface area contributed by atoms with Crippen molar-refractivity contribution >= 4 is 12.6 Å². The predicted molar refractivity (Wildman–Crippen MR) is 95.2 cm³/mol. The number of nitrogens with zero attached hydrogens (tertiary/aromatic N) is 1. The van der Waals surface area contributed by atoms with Crippen LogP contribution in [0.5, 0.6) is 5.75 Å². The highest BCUT2D eigenvalue weighted by Gasteiger charge is 2.46. The Morgan fingerprint density at radius 1 is 0.840 bits per heavy atom. The zero-order valence-corrected chi connectivity index (χ0v) is 13.3. The van der Waals surface area contributed by atoms with Crippen LogP contribution in [-0.2, 0) is 5.60 Å². The van der Waals surface area contributed by atoms with Gasteiger partial charge in [0, 0.05) is 11.1 Å². The molecule has 1 unspecified atom stereocenters. The van der Waals surface area contributed by atoms with E-state index in [9.17, 15) is 15.3 Å². The summed E-state index contributed by atoms with van der Waals surface area (Å²) in [4.78, 5) is 0. The minimum atomic E-state index is -1.61. The molecule has 0 aromatic heterocycles. The maximum Gasteiger partial charge on any atom is 0.488 e. The van der Waals surface area contributed by atoms with Crippen molar-refractivity contribution in [2.75, 3.05) is 0 Å². The van der Waals surface area contributed by atoms with Gasteiger partial charge in [0.2, 0.25) is 5.60 Å². The molecule has 2 N–H and O–H groups in total. The molecule has 0 amide bonds. The van der Waals surface area contributed by atoms with Crippen molar-refractivity contribution in [3.8, 4) is 22.9 Å². The number of hydrogen-bond acceptors (Lipinski definition) is 4. The minimum Gasteiger partial charge on any atom is -0.464 e. The van der Waals surface area contributed by atoms with E-state index in [0.29, 0.717) is 16.8 Å². The molecular weight excluding hydrogens is 313 g/mol. The first-order valence-corrected chi connectivity index (χ1v) is 7.91. The summed E-state index contributed by atoms with van der Waals surface area (Å²) in [5, 5.41) is 29.2. The maximum atomic E-state index is 10.1. The molecular formula is C20H14BNO3. The molecule has 0 heterocycles. The molecule has 120 valence electrons. The fraction of sp³-hybridized carbons (Fsp3) is 0.0500. The van der Waals surface area contributed by atoms with Crippen LogP contribution in [0.25, 0.3) is 11.1 Å². The molecule has 0 spiro atoms. The van der Waals surface area contributed by atoms with Gasteiger partial charge in [-0.3, -0.25) is 0 Å². The topological polar surface area (TPSA) is 73.5 Å². The van der Waals surface area contributed by atoms with Crippen LogP contribution in [0.2, 0.25) is 0 Å². The lowest BCUT2D eigenvalue weighted by molar-refractivity contribution is 0.177. The third-order valence-corrected chi connectivity index (χ3v) is 4.49. The second-order valence-corrected chi connectivity index (χ2v) is 5.93. The van der Waals surface area contributed by atoms with Gasteiger partial charge in [-0.25, -0.2) is 0 Å². The van der Waals surface area contributed by atoms with Gasteiger partial charge >= 0.3 is 7.12 Å². The average molecular weight is 327 g/mol. The number of para-hydroxylation sites is 1. The lowest BCUT2D eigenvalue weighted by atomic mass is 9.77. The van der Waals surface area contributed by atoms with Crippen molar-refractivity contribution in [1.82, 2.24) is 0 Å². The Labute approximate surface area is 145 Å². The largest absolute Gasteiger partial charge is 0.488 e. The van der Waals surface area contributed by atoms with Crippen molar-refractivity contribution < 1.29 is 14.8 Å². The van der Waals surface area contributed by atoms with Crippen LogP contribution in [0.15, 0.2) is 72.8 Å². The van der Waals surface area contributed by atoms with E-state index in [1.807, 2.05) is 42.5 Å². The van der Waals surface area contributed by atoms with Gasteiger partial charge in [-0.15, -0.1) is 0 Å². The smallest absolute Gasteiger partial charge is 0.464 e. The first kappa shape index (κ1) is 15.5. The van der Waals surface area contributed by atoms with Crippen molar-refractivity contribution in [3.63, 3.8) is 0 Å². The van der Waals surface area contributed by atoms with E-state index in [-0.39, 0.29) is 0 Å². The van der Waals surface area contributed by atoms with Gasteiger partial charge in [0.15, 0.2) is 0 Å². The van der Waals surface area contributed by atoms with Crippen LogP contribution >= 0.6 is 0 Å². The Morgan fingerprint density at radius 3 is 2.24 bits per heavy atom. The summed E-state index contributed by atoms with van der Waals surface area (Å²) >= 11 is 0. The van der Waals surface area contributed by atoms with Gasteiger partial charge in [-0.05, 0) is 28.7 Å². The number of fused-ring (bicyclic) bond motifs is 3. The van der Waals surface area contributed by atoms with E-state index in [2.05, 4.69) is 6.07 Å². The van der Waals surface area contributed by atoms with Crippen LogP contribution < -0.4 is 10.2 Å². The number of hydrogen-bond donors (Lipinski definition) is 2. The molecule has 0 saturated heterocycles. The van der Waals surface area contributed by atoms with E-state index < -0.39 is 12.7 Å². The molecule has 0 saturated carbocycles. The molecule has 25 heavy (non-hydrogen) atoms. The monoisotopic (exact) mass is 327 g/mol. The van der Waals surface area contributed by atoms with Crippen molar-refractivity contribution in [2.45, 2.75) is 5.60 Å². The summed E-state index contributed by atoms with van der Waals surface area (Å²) in [6, 6.07) is 24.1. The van der Waals surface area contributed by atoms with Crippen LogP contribution in [0.4, 0.5) is 0 Å². The predicted octanol–water partition coefficient (Wildman–Crippen LogP) is 2.19. The summed E-state index contributed by atoms with van der Waals surface area (Å²) < 4.78 is 6.18. The number of ether oxygens (including phenoxy) is 1.